The number of rotatable bonds is 5. The van der Waals surface area contributed by atoms with Crippen LogP contribution >= 0.6 is 0 Å². The Hall–Kier alpha value is -7.83. The van der Waals surface area contributed by atoms with Gasteiger partial charge in [-0.05, 0) is 71.8 Å². The third kappa shape index (κ3) is 5.01. The van der Waals surface area contributed by atoms with Crippen LogP contribution in [0.1, 0.15) is 0 Å². The molecule has 4 aromatic heterocycles. The number of benzene rings is 8. The van der Waals surface area contributed by atoms with E-state index in [4.69, 9.17) is 23.8 Å². The third-order valence-electron chi connectivity index (χ3n) is 11.1. The van der Waals surface area contributed by atoms with E-state index in [2.05, 4.69) is 132 Å². The van der Waals surface area contributed by atoms with Crippen LogP contribution in [0.15, 0.2) is 191 Å². The molecule has 0 atom stereocenters. The second kappa shape index (κ2) is 12.3. The molecular formula is C51H30N4O2. The molecule has 0 bridgehead atoms. The van der Waals surface area contributed by atoms with Crippen molar-refractivity contribution in [2.45, 2.75) is 0 Å². The van der Waals surface area contributed by atoms with Gasteiger partial charge in [-0.2, -0.15) is 0 Å². The lowest BCUT2D eigenvalue weighted by Gasteiger charge is -2.10. The van der Waals surface area contributed by atoms with Crippen LogP contribution in [0.2, 0.25) is 0 Å². The maximum Gasteiger partial charge on any atom is 0.164 e. The van der Waals surface area contributed by atoms with Crippen LogP contribution in [-0.2, 0) is 0 Å². The summed E-state index contributed by atoms with van der Waals surface area (Å²) in [6.07, 6.45) is 0. The van der Waals surface area contributed by atoms with Crippen molar-refractivity contribution in [3.8, 4) is 51.0 Å². The highest BCUT2D eigenvalue weighted by atomic mass is 16.3. The van der Waals surface area contributed by atoms with Crippen LogP contribution in [0.3, 0.4) is 0 Å². The number of hydrogen-bond acceptors (Lipinski definition) is 5. The van der Waals surface area contributed by atoms with E-state index in [1.807, 2.05) is 54.6 Å². The molecule has 0 fully saturated rings. The minimum atomic E-state index is 0.557. The summed E-state index contributed by atoms with van der Waals surface area (Å²) >= 11 is 0. The molecule has 12 aromatic rings. The first-order valence-electron chi connectivity index (χ1n) is 19.0. The van der Waals surface area contributed by atoms with E-state index < -0.39 is 0 Å². The van der Waals surface area contributed by atoms with Crippen molar-refractivity contribution in [2.24, 2.45) is 0 Å². The molecule has 12 rings (SSSR count). The van der Waals surface area contributed by atoms with E-state index in [0.717, 1.165) is 88.4 Å². The van der Waals surface area contributed by atoms with E-state index in [1.165, 1.54) is 10.8 Å². The summed E-state index contributed by atoms with van der Waals surface area (Å²) in [4.78, 5) is 15.4. The van der Waals surface area contributed by atoms with Crippen LogP contribution in [-0.4, -0.2) is 19.5 Å². The minimum Gasteiger partial charge on any atom is -0.456 e. The van der Waals surface area contributed by atoms with Gasteiger partial charge in [0.05, 0.1) is 11.0 Å². The molecule has 0 aliphatic heterocycles. The second-order valence-electron chi connectivity index (χ2n) is 14.4. The Kier molecular flexibility index (Phi) is 6.83. The van der Waals surface area contributed by atoms with Crippen molar-refractivity contribution in [2.75, 3.05) is 0 Å². The Morgan fingerprint density at radius 1 is 0.333 bits per heavy atom. The first-order chi connectivity index (χ1) is 28.2. The minimum absolute atomic E-state index is 0.557. The number of fused-ring (bicyclic) bond motifs is 9. The predicted octanol–water partition coefficient (Wildman–Crippen LogP) is 13.4. The average Bonchev–Trinajstić information content (AvgIpc) is 3.95. The van der Waals surface area contributed by atoms with Crippen LogP contribution in [0, 0.1) is 0 Å². The molecule has 0 spiro atoms. The number of para-hydroxylation sites is 2. The van der Waals surface area contributed by atoms with Crippen LogP contribution in [0.5, 0.6) is 0 Å². The normalized spacial score (nSPS) is 11.9. The molecular weight excluding hydrogens is 701 g/mol. The van der Waals surface area contributed by atoms with Crippen molar-refractivity contribution in [1.29, 1.82) is 0 Å². The van der Waals surface area contributed by atoms with Gasteiger partial charge in [-0.15, -0.1) is 0 Å². The molecule has 0 amide bonds. The molecule has 0 radical (unpaired) electrons. The van der Waals surface area contributed by atoms with E-state index in [0.29, 0.717) is 17.5 Å². The molecule has 0 unspecified atom stereocenters. The fourth-order valence-corrected chi connectivity index (χ4v) is 8.41. The summed E-state index contributed by atoms with van der Waals surface area (Å²) < 4.78 is 15.4. The van der Waals surface area contributed by atoms with E-state index in [1.54, 1.807) is 0 Å². The van der Waals surface area contributed by atoms with Crippen LogP contribution in [0.25, 0.3) is 117 Å². The lowest BCUT2D eigenvalue weighted by atomic mass is 10.0. The van der Waals surface area contributed by atoms with Gasteiger partial charge in [0.2, 0.25) is 0 Å². The summed E-state index contributed by atoms with van der Waals surface area (Å²) in [5.41, 5.74) is 11.4. The standard InChI is InChI=1S/C51H30N4O2/c1-3-12-31(13-4-1)33-22-25-38-39-26-23-34(29-47(39)57-46(38)28-33)50-52-49(32-14-5-2-6-15-32)53-51(54-50)40-18-11-21-45-48(40)41-30-35(24-27-44(41)56-45)55-42-19-9-7-16-36(42)37-17-8-10-20-43(37)55/h1-30H. The number of aromatic nitrogens is 4. The van der Waals surface area contributed by atoms with Gasteiger partial charge in [-0.1, -0.05) is 121 Å². The largest absolute Gasteiger partial charge is 0.456 e. The maximum atomic E-state index is 6.51. The summed E-state index contributed by atoms with van der Waals surface area (Å²) in [6, 6.07) is 62.7. The molecule has 57 heavy (non-hydrogen) atoms. The van der Waals surface area contributed by atoms with Crippen molar-refractivity contribution < 1.29 is 8.83 Å². The number of furan rings is 2. The van der Waals surface area contributed by atoms with E-state index in [9.17, 15) is 0 Å². The smallest absolute Gasteiger partial charge is 0.164 e. The Bertz CT molecular complexity index is 3470. The fraction of sp³-hybridized carbons (Fsp3) is 0. The molecule has 0 saturated heterocycles. The van der Waals surface area contributed by atoms with Crippen molar-refractivity contribution in [3.05, 3.63) is 182 Å². The molecule has 0 aliphatic carbocycles. The molecule has 0 aliphatic rings. The first-order valence-corrected chi connectivity index (χ1v) is 19.0. The Labute approximate surface area is 325 Å². The van der Waals surface area contributed by atoms with Gasteiger partial charge in [0.1, 0.15) is 22.3 Å². The molecule has 6 heteroatoms. The van der Waals surface area contributed by atoms with Gasteiger partial charge in [-0.3, -0.25) is 0 Å². The average molecular weight is 731 g/mol. The third-order valence-corrected chi connectivity index (χ3v) is 11.1. The summed E-state index contributed by atoms with van der Waals surface area (Å²) in [7, 11) is 0. The lowest BCUT2D eigenvalue weighted by molar-refractivity contribution is 0.668. The van der Waals surface area contributed by atoms with Crippen molar-refractivity contribution in [1.82, 2.24) is 19.5 Å². The fourth-order valence-electron chi connectivity index (χ4n) is 8.41. The van der Waals surface area contributed by atoms with Gasteiger partial charge >= 0.3 is 0 Å². The van der Waals surface area contributed by atoms with Gasteiger partial charge in [0.15, 0.2) is 17.5 Å². The highest BCUT2D eigenvalue weighted by Gasteiger charge is 2.20. The topological polar surface area (TPSA) is 69.9 Å². The molecule has 4 heterocycles. The zero-order valence-corrected chi connectivity index (χ0v) is 30.4. The molecule has 8 aromatic carbocycles. The Morgan fingerprint density at radius 2 is 0.912 bits per heavy atom. The zero-order valence-electron chi connectivity index (χ0n) is 30.4. The Morgan fingerprint density at radius 3 is 1.63 bits per heavy atom. The number of hydrogen-bond donors (Lipinski definition) is 0. The van der Waals surface area contributed by atoms with Crippen molar-refractivity contribution in [3.63, 3.8) is 0 Å². The summed E-state index contributed by atoms with van der Waals surface area (Å²) in [5.74, 6) is 1.71. The quantitative estimate of drug-likeness (QED) is 0.176. The SMILES string of the molecule is c1ccc(-c2ccc3c(c2)oc2cc(-c4nc(-c5ccccc5)nc(-c5cccc6oc7ccc(-n8c9ccccc9c9ccccc98)cc7c56)n4)ccc23)cc1. The van der Waals surface area contributed by atoms with E-state index >= 15 is 0 Å². The predicted molar refractivity (Wildman–Crippen MR) is 230 cm³/mol. The second-order valence-corrected chi connectivity index (χ2v) is 14.4. The maximum absolute atomic E-state index is 6.51. The van der Waals surface area contributed by atoms with Gasteiger partial charge < -0.3 is 13.4 Å². The first kappa shape index (κ1) is 31.5. The highest BCUT2D eigenvalue weighted by molar-refractivity contribution is 6.14. The molecule has 0 N–H and O–H groups in total. The van der Waals surface area contributed by atoms with Gasteiger partial charge in [0.25, 0.3) is 0 Å². The van der Waals surface area contributed by atoms with Gasteiger partial charge in [-0.25, -0.2) is 15.0 Å². The summed E-state index contributed by atoms with van der Waals surface area (Å²) in [6.45, 7) is 0. The van der Waals surface area contributed by atoms with Gasteiger partial charge in [0, 0.05) is 54.7 Å². The molecule has 6 nitrogen and oxygen atoms in total. The number of nitrogens with zero attached hydrogens (tertiary/aromatic N) is 4. The lowest BCUT2D eigenvalue weighted by Crippen LogP contribution is -2.00. The summed E-state index contributed by atoms with van der Waals surface area (Å²) in [5, 5.41) is 6.48. The highest BCUT2D eigenvalue weighted by Crippen LogP contribution is 2.40. The monoisotopic (exact) mass is 730 g/mol. The van der Waals surface area contributed by atoms with Crippen LogP contribution < -0.4 is 0 Å². The Balaban J connectivity index is 1.04. The zero-order chi connectivity index (χ0) is 37.5. The van der Waals surface area contributed by atoms with Crippen molar-refractivity contribution >= 4 is 65.7 Å². The molecule has 0 saturated carbocycles. The molecule has 266 valence electrons. The van der Waals surface area contributed by atoms with Crippen LogP contribution in [0.4, 0.5) is 0 Å². The van der Waals surface area contributed by atoms with E-state index in [-0.39, 0.29) is 0 Å².